The molecule has 0 unspecified atom stereocenters. The number of hydrogen-bond acceptors (Lipinski definition) is 2. The van der Waals surface area contributed by atoms with Crippen molar-refractivity contribution in [2.24, 2.45) is 0 Å². The van der Waals surface area contributed by atoms with E-state index in [0.29, 0.717) is 28.5 Å². The highest BCUT2D eigenvalue weighted by molar-refractivity contribution is 6.42. The van der Waals surface area contributed by atoms with E-state index >= 15 is 0 Å². The Balaban J connectivity index is 2.18. The predicted molar refractivity (Wildman–Crippen MR) is 98.6 cm³/mol. The summed E-state index contributed by atoms with van der Waals surface area (Å²) in [6.07, 6.45) is 0.828. The molecule has 0 heterocycles. The molecule has 2 rings (SSSR count). The smallest absolute Gasteiger partial charge is 0.227 e. The third-order valence-electron chi connectivity index (χ3n) is 3.68. The van der Waals surface area contributed by atoms with Gasteiger partial charge in [-0.3, -0.25) is 4.79 Å². The van der Waals surface area contributed by atoms with Gasteiger partial charge in [0.1, 0.15) is 0 Å². The molecule has 2 aromatic carbocycles. The first-order valence-electron chi connectivity index (χ1n) is 7.69. The minimum atomic E-state index is -0.0175. The number of amides is 1. The third-order valence-corrected chi connectivity index (χ3v) is 4.54. The Morgan fingerprint density at radius 1 is 1.21 bits per heavy atom. The molecule has 124 valence electrons. The summed E-state index contributed by atoms with van der Waals surface area (Å²) >= 11 is 12.2. The van der Waals surface area contributed by atoms with Crippen LogP contribution in [-0.4, -0.2) is 11.9 Å². The van der Waals surface area contributed by atoms with Gasteiger partial charge in [0.2, 0.25) is 5.91 Å². The highest BCUT2D eigenvalue weighted by Crippen LogP contribution is 2.27. The van der Waals surface area contributed by atoms with Gasteiger partial charge < -0.3 is 4.90 Å². The van der Waals surface area contributed by atoms with Crippen LogP contribution in [-0.2, 0) is 11.2 Å². The topological polar surface area (TPSA) is 44.1 Å². The van der Waals surface area contributed by atoms with Gasteiger partial charge >= 0.3 is 0 Å². The average Bonchev–Trinajstić information content (AvgIpc) is 2.56. The van der Waals surface area contributed by atoms with Crippen LogP contribution in [0.5, 0.6) is 0 Å². The lowest BCUT2D eigenvalue weighted by Gasteiger charge is -2.27. The van der Waals surface area contributed by atoms with E-state index in [1.54, 1.807) is 29.2 Å². The van der Waals surface area contributed by atoms with Crippen molar-refractivity contribution in [3.05, 3.63) is 63.6 Å². The van der Waals surface area contributed by atoms with Crippen molar-refractivity contribution in [3.8, 4) is 6.07 Å². The molecule has 24 heavy (non-hydrogen) atoms. The van der Waals surface area contributed by atoms with Gasteiger partial charge in [-0.25, -0.2) is 0 Å². The molecule has 2 aromatic rings. The van der Waals surface area contributed by atoms with E-state index in [2.05, 4.69) is 6.07 Å². The number of carbonyl (C=O) groups excluding carboxylic acids is 1. The second kappa shape index (κ2) is 8.19. The summed E-state index contributed by atoms with van der Waals surface area (Å²) in [4.78, 5) is 14.4. The largest absolute Gasteiger partial charge is 0.310 e. The number of aryl methyl sites for hydroxylation is 1. The van der Waals surface area contributed by atoms with Gasteiger partial charge in [0.15, 0.2) is 0 Å². The monoisotopic (exact) mass is 360 g/mol. The molecule has 0 atom stereocenters. The van der Waals surface area contributed by atoms with Crippen molar-refractivity contribution in [2.45, 2.75) is 32.7 Å². The SMILES string of the molecule is CC(C)N(C(=O)CCc1cccc(Cl)c1Cl)c1cccc(C#N)c1. The molecular weight excluding hydrogens is 343 g/mol. The molecule has 0 spiro atoms. The summed E-state index contributed by atoms with van der Waals surface area (Å²) < 4.78 is 0. The maximum Gasteiger partial charge on any atom is 0.227 e. The van der Waals surface area contributed by atoms with E-state index in [1.807, 2.05) is 32.0 Å². The van der Waals surface area contributed by atoms with Gasteiger partial charge in [0.05, 0.1) is 21.7 Å². The Morgan fingerprint density at radius 3 is 2.58 bits per heavy atom. The van der Waals surface area contributed by atoms with E-state index in [9.17, 15) is 4.79 Å². The minimum absolute atomic E-state index is 0.0127. The lowest BCUT2D eigenvalue weighted by molar-refractivity contribution is -0.118. The standard InChI is InChI=1S/C19H18Cl2N2O/c1-13(2)23(16-7-3-5-14(11-16)12-22)18(24)10-9-15-6-4-8-17(20)19(15)21/h3-8,11,13H,9-10H2,1-2H3. The quantitative estimate of drug-likeness (QED) is 0.731. The Labute approximate surface area is 152 Å². The van der Waals surface area contributed by atoms with Crippen LogP contribution in [0.2, 0.25) is 10.0 Å². The number of halogens is 2. The summed E-state index contributed by atoms with van der Waals surface area (Å²) in [5.74, 6) is -0.0175. The molecule has 0 aliphatic heterocycles. The Morgan fingerprint density at radius 2 is 1.92 bits per heavy atom. The van der Waals surface area contributed by atoms with Crippen LogP contribution >= 0.6 is 23.2 Å². The zero-order valence-corrected chi connectivity index (χ0v) is 15.1. The molecule has 0 aliphatic carbocycles. The first-order valence-corrected chi connectivity index (χ1v) is 8.44. The van der Waals surface area contributed by atoms with Gasteiger partial charge in [0, 0.05) is 18.2 Å². The summed E-state index contributed by atoms with van der Waals surface area (Å²) in [5.41, 5.74) is 2.11. The number of anilines is 1. The van der Waals surface area contributed by atoms with Crippen molar-refractivity contribution in [2.75, 3.05) is 4.90 Å². The molecule has 0 bridgehead atoms. The molecule has 0 N–H and O–H groups in total. The molecular formula is C19H18Cl2N2O. The lowest BCUT2D eigenvalue weighted by Crippen LogP contribution is -2.37. The van der Waals surface area contributed by atoms with Gasteiger partial charge in [0.25, 0.3) is 0 Å². The summed E-state index contributed by atoms with van der Waals surface area (Å²) in [5, 5.41) is 10.0. The number of hydrogen-bond donors (Lipinski definition) is 0. The van der Waals surface area contributed by atoms with Crippen LogP contribution in [0.1, 0.15) is 31.4 Å². The average molecular weight is 361 g/mol. The molecule has 0 fully saturated rings. The summed E-state index contributed by atoms with van der Waals surface area (Å²) in [6.45, 7) is 3.90. The van der Waals surface area contributed by atoms with Gasteiger partial charge in [-0.1, -0.05) is 41.4 Å². The van der Waals surface area contributed by atoms with Crippen LogP contribution < -0.4 is 4.90 Å². The van der Waals surface area contributed by atoms with Crippen molar-refractivity contribution in [1.82, 2.24) is 0 Å². The minimum Gasteiger partial charge on any atom is -0.310 e. The Kier molecular flexibility index (Phi) is 6.25. The van der Waals surface area contributed by atoms with Crippen LogP contribution in [0.4, 0.5) is 5.69 Å². The van der Waals surface area contributed by atoms with E-state index in [0.717, 1.165) is 11.3 Å². The predicted octanol–water partition coefficient (Wildman–Crippen LogP) is 5.24. The second-order valence-corrected chi connectivity index (χ2v) is 6.52. The number of nitriles is 1. The molecule has 3 nitrogen and oxygen atoms in total. The molecule has 0 radical (unpaired) electrons. The molecule has 0 saturated carbocycles. The number of carbonyl (C=O) groups is 1. The van der Waals surface area contributed by atoms with Crippen molar-refractivity contribution < 1.29 is 4.79 Å². The van der Waals surface area contributed by atoms with Gasteiger partial charge in [-0.05, 0) is 50.1 Å². The first-order chi connectivity index (χ1) is 11.4. The zero-order chi connectivity index (χ0) is 17.7. The van der Waals surface area contributed by atoms with Gasteiger partial charge in [-0.15, -0.1) is 0 Å². The fraction of sp³-hybridized carbons (Fsp3) is 0.263. The first kappa shape index (κ1) is 18.3. The maximum atomic E-state index is 12.7. The zero-order valence-electron chi connectivity index (χ0n) is 13.6. The normalized spacial score (nSPS) is 10.5. The van der Waals surface area contributed by atoms with Crippen LogP contribution in [0.3, 0.4) is 0 Å². The molecule has 1 amide bonds. The Hall–Kier alpha value is -2.02. The van der Waals surface area contributed by atoms with Crippen molar-refractivity contribution in [1.29, 1.82) is 5.26 Å². The molecule has 0 aliphatic rings. The molecule has 0 saturated heterocycles. The van der Waals surface area contributed by atoms with Crippen LogP contribution in [0.25, 0.3) is 0 Å². The fourth-order valence-corrected chi connectivity index (χ4v) is 2.97. The van der Waals surface area contributed by atoms with E-state index in [4.69, 9.17) is 28.5 Å². The summed E-state index contributed by atoms with van der Waals surface area (Å²) in [6, 6.07) is 14.6. The highest BCUT2D eigenvalue weighted by atomic mass is 35.5. The highest BCUT2D eigenvalue weighted by Gasteiger charge is 2.19. The van der Waals surface area contributed by atoms with Crippen LogP contribution in [0.15, 0.2) is 42.5 Å². The third kappa shape index (κ3) is 4.29. The Bertz CT molecular complexity index is 781. The van der Waals surface area contributed by atoms with Crippen LogP contribution in [0, 0.1) is 11.3 Å². The lowest BCUT2D eigenvalue weighted by atomic mass is 10.1. The van der Waals surface area contributed by atoms with Crippen molar-refractivity contribution >= 4 is 34.8 Å². The second-order valence-electron chi connectivity index (χ2n) is 5.73. The van der Waals surface area contributed by atoms with E-state index < -0.39 is 0 Å². The number of nitrogens with zero attached hydrogens (tertiary/aromatic N) is 2. The molecule has 0 aromatic heterocycles. The maximum absolute atomic E-state index is 12.7. The molecule has 5 heteroatoms. The summed E-state index contributed by atoms with van der Waals surface area (Å²) in [7, 11) is 0. The van der Waals surface area contributed by atoms with Gasteiger partial charge in [-0.2, -0.15) is 5.26 Å². The van der Waals surface area contributed by atoms with Crippen molar-refractivity contribution in [3.63, 3.8) is 0 Å². The number of rotatable bonds is 5. The van der Waals surface area contributed by atoms with E-state index in [1.165, 1.54) is 0 Å². The number of benzene rings is 2. The van der Waals surface area contributed by atoms with E-state index in [-0.39, 0.29) is 11.9 Å². The fourth-order valence-electron chi connectivity index (χ4n) is 2.56.